The molecule has 168 valence electrons. The van der Waals surface area contributed by atoms with E-state index in [0.29, 0.717) is 16.2 Å². The van der Waals surface area contributed by atoms with Gasteiger partial charge in [0.2, 0.25) is 5.78 Å². The Bertz CT molecular complexity index is 1280. The van der Waals surface area contributed by atoms with Gasteiger partial charge in [-0.1, -0.05) is 12.1 Å². The van der Waals surface area contributed by atoms with Gasteiger partial charge in [-0.15, -0.1) is 11.3 Å². The number of anilines is 1. The highest BCUT2D eigenvalue weighted by Gasteiger charge is 2.22. The summed E-state index contributed by atoms with van der Waals surface area (Å²) in [5.41, 5.74) is 2.44. The zero-order chi connectivity index (χ0) is 22.8. The highest BCUT2D eigenvalue weighted by molar-refractivity contribution is 7.11. The molecule has 33 heavy (non-hydrogen) atoms. The van der Waals surface area contributed by atoms with Crippen LogP contribution in [-0.4, -0.2) is 66.3 Å². The van der Waals surface area contributed by atoms with Crippen LogP contribution >= 0.6 is 11.3 Å². The molecule has 0 saturated carbocycles. The van der Waals surface area contributed by atoms with Crippen LogP contribution in [0.3, 0.4) is 0 Å². The average molecular weight is 465 g/mol. The number of hydrogen-bond acceptors (Lipinski definition) is 10. The number of ketones is 1. The number of piperazine rings is 1. The third kappa shape index (κ3) is 4.43. The number of Topliss-reactive ketones (excluding diaryl/α,β-unsaturated/α-hetero) is 1. The van der Waals surface area contributed by atoms with Crippen molar-refractivity contribution in [2.24, 2.45) is 0 Å². The number of imidazole rings is 1. The standard InChI is InChI=1S/C21H20N8O3S/c30-17(21-22-5-10-33-21)12-28-14-25-18-19(23-13-24-20(18)28)27-8-6-26(7-9-27)11-15-1-3-16(4-2-15)29(31)32/h1-5,10,13-14H,6-9,11-12H2. The number of nitro benzene ring substituents is 1. The maximum atomic E-state index is 12.4. The van der Waals surface area contributed by atoms with Crippen molar-refractivity contribution in [1.29, 1.82) is 0 Å². The van der Waals surface area contributed by atoms with Gasteiger partial charge in [-0.25, -0.2) is 19.9 Å². The molecule has 1 aliphatic heterocycles. The monoisotopic (exact) mass is 464 g/mol. The van der Waals surface area contributed by atoms with E-state index in [-0.39, 0.29) is 22.9 Å². The summed E-state index contributed by atoms with van der Waals surface area (Å²) >= 11 is 1.32. The van der Waals surface area contributed by atoms with Gasteiger partial charge in [-0.2, -0.15) is 0 Å². The topological polar surface area (TPSA) is 123 Å². The lowest BCUT2D eigenvalue weighted by Gasteiger charge is -2.35. The van der Waals surface area contributed by atoms with Gasteiger partial charge in [0.1, 0.15) is 6.33 Å². The molecule has 1 fully saturated rings. The van der Waals surface area contributed by atoms with E-state index in [0.717, 1.165) is 44.1 Å². The first-order chi connectivity index (χ1) is 16.1. The Morgan fingerprint density at radius 2 is 1.85 bits per heavy atom. The zero-order valence-electron chi connectivity index (χ0n) is 17.6. The lowest BCUT2D eigenvalue weighted by atomic mass is 10.2. The van der Waals surface area contributed by atoms with E-state index in [9.17, 15) is 14.9 Å². The van der Waals surface area contributed by atoms with E-state index in [1.807, 2.05) is 0 Å². The minimum Gasteiger partial charge on any atom is -0.352 e. The van der Waals surface area contributed by atoms with Crippen LogP contribution in [-0.2, 0) is 13.1 Å². The molecule has 0 unspecified atom stereocenters. The Morgan fingerprint density at radius 1 is 1.06 bits per heavy atom. The van der Waals surface area contributed by atoms with Gasteiger partial charge in [0, 0.05) is 56.4 Å². The number of fused-ring (bicyclic) bond motifs is 1. The van der Waals surface area contributed by atoms with Crippen LogP contribution < -0.4 is 4.90 Å². The van der Waals surface area contributed by atoms with Crippen LogP contribution in [0, 0.1) is 10.1 Å². The largest absolute Gasteiger partial charge is 0.352 e. The van der Waals surface area contributed by atoms with Gasteiger partial charge in [-0.3, -0.25) is 19.8 Å². The van der Waals surface area contributed by atoms with Crippen molar-refractivity contribution < 1.29 is 9.72 Å². The van der Waals surface area contributed by atoms with Gasteiger partial charge in [0.15, 0.2) is 22.0 Å². The maximum absolute atomic E-state index is 12.4. The third-order valence-electron chi connectivity index (χ3n) is 5.59. The molecular formula is C21H20N8O3S. The van der Waals surface area contributed by atoms with E-state index in [1.54, 1.807) is 46.7 Å². The second-order valence-corrected chi connectivity index (χ2v) is 8.58. The fraction of sp³-hybridized carbons (Fsp3) is 0.286. The van der Waals surface area contributed by atoms with Gasteiger partial charge in [-0.05, 0) is 5.56 Å². The lowest BCUT2D eigenvalue weighted by Crippen LogP contribution is -2.46. The summed E-state index contributed by atoms with van der Waals surface area (Å²) in [7, 11) is 0. The number of benzene rings is 1. The Hall–Kier alpha value is -3.77. The van der Waals surface area contributed by atoms with Crippen LogP contribution in [0.15, 0.2) is 48.5 Å². The first-order valence-corrected chi connectivity index (χ1v) is 11.3. The number of carbonyl (C=O) groups is 1. The van der Waals surface area contributed by atoms with Gasteiger partial charge >= 0.3 is 0 Å². The highest BCUT2D eigenvalue weighted by Crippen LogP contribution is 2.23. The van der Waals surface area contributed by atoms with Crippen molar-refractivity contribution in [2.45, 2.75) is 13.1 Å². The van der Waals surface area contributed by atoms with E-state index < -0.39 is 0 Å². The molecular weight excluding hydrogens is 444 g/mol. The molecule has 1 aliphatic rings. The van der Waals surface area contributed by atoms with Crippen molar-refractivity contribution in [3.05, 3.63) is 69.2 Å². The van der Waals surface area contributed by atoms with Crippen molar-refractivity contribution in [3.63, 3.8) is 0 Å². The predicted octanol–water partition coefficient (Wildman–Crippen LogP) is 2.40. The molecule has 4 aromatic rings. The van der Waals surface area contributed by atoms with E-state index in [1.165, 1.54) is 17.7 Å². The summed E-state index contributed by atoms with van der Waals surface area (Å²) < 4.78 is 1.73. The molecule has 1 aromatic carbocycles. The van der Waals surface area contributed by atoms with Gasteiger partial charge in [0.05, 0.1) is 17.8 Å². The number of hydrogen-bond donors (Lipinski definition) is 0. The summed E-state index contributed by atoms with van der Waals surface area (Å²) in [4.78, 5) is 44.8. The lowest BCUT2D eigenvalue weighted by molar-refractivity contribution is -0.384. The smallest absolute Gasteiger partial charge is 0.269 e. The fourth-order valence-electron chi connectivity index (χ4n) is 3.90. The summed E-state index contributed by atoms with van der Waals surface area (Å²) in [5, 5.41) is 13.1. The molecule has 0 bridgehead atoms. The molecule has 3 aromatic heterocycles. The average Bonchev–Trinajstić information content (AvgIpc) is 3.51. The first kappa shape index (κ1) is 21.1. The Labute approximate surface area is 192 Å². The predicted molar refractivity (Wildman–Crippen MR) is 122 cm³/mol. The summed E-state index contributed by atoms with van der Waals surface area (Å²) in [5.74, 6) is 0.680. The molecule has 12 heteroatoms. The van der Waals surface area contributed by atoms with Gasteiger partial charge in [0.25, 0.3) is 5.69 Å². The van der Waals surface area contributed by atoms with E-state index in [4.69, 9.17) is 0 Å². The third-order valence-corrected chi connectivity index (χ3v) is 6.41. The van der Waals surface area contributed by atoms with E-state index >= 15 is 0 Å². The van der Waals surface area contributed by atoms with Crippen molar-refractivity contribution in [2.75, 3.05) is 31.1 Å². The Kier molecular flexibility index (Phi) is 5.75. The second kappa shape index (κ2) is 9.00. The minimum absolute atomic E-state index is 0.0793. The SMILES string of the molecule is O=C(Cn1cnc2c(N3CCN(Cc4ccc([N+](=O)[O-])cc4)CC3)ncnc21)c1nccs1. The normalized spacial score (nSPS) is 14.6. The second-order valence-electron chi connectivity index (χ2n) is 7.69. The van der Waals surface area contributed by atoms with Gasteiger partial charge < -0.3 is 9.47 Å². The van der Waals surface area contributed by atoms with Crippen molar-refractivity contribution in [3.8, 4) is 0 Å². The number of aromatic nitrogens is 5. The molecule has 0 spiro atoms. The van der Waals surface area contributed by atoms with Crippen LogP contribution in [0.4, 0.5) is 11.5 Å². The number of nitro groups is 1. The molecule has 4 heterocycles. The first-order valence-electron chi connectivity index (χ1n) is 10.4. The molecule has 0 amide bonds. The molecule has 5 rings (SSSR count). The maximum Gasteiger partial charge on any atom is 0.269 e. The number of nitrogens with zero attached hydrogens (tertiary/aromatic N) is 8. The molecule has 0 radical (unpaired) electrons. The van der Waals surface area contributed by atoms with E-state index in [2.05, 4.69) is 29.7 Å². The molecule has 0 aliphatic carbocycles. The summed E-state index contributed by atoms with van der Waals surface area (Å²) in [6.07, 6.45) is 4.75. The number of non-ortho nitro benzene ring substituents is 1. The fourth-order valence-corrected chi connectivity index (χ4v) is 4.47. The van der Waals surface area contributed by atoms with Crippen LogP contribution in [0.5, 0.6) is 0 Å². The number of rotatable bonds is 7. The molecule has 1 saturated heterocycles. The summed E-state index contributed by atoms with van der Waals surface area (Å²) in [6.45, 7) is 4.05. The minimum atomic E-state index is -0.388. The summed E-state index contributed by atoms with van der Waals surface area (Å²) in [6, 6.07) is 6.69. The zero-order valence-corrected chi connectivity index (χ0v) is 18.4. The number of carbonyl (C=O) groups excluding carboxylic acids is 1. The Morgan fingerprint density at radius 3 is 2.55 bits per heavy atom. The van der Waals surface area contributed by atoms with Crippen LogP contribution in [0.1, 0.15) is 15.4 Å². The molecule has 11 nitrogen and oxygen atoms in total. The highest BCUT2D eigenvalue weighted by atomic mass is 32.1. The quantitative estimate of drug-likeness (QED) is 0.230. The Balaban J connectivity index is 1.25. The van der Waals surface area contributed by atoms with Crippen LogP contribution in [0.2, 0.25) is 0 Å². The van der Waals surface area contributed by atoms with Crippen molar-refractivity contribution in [1.82, 2.24) is 29.4 Å². The molecule has 0 N–H and O–H groups in total. The molecule has 0 atom stereocenters. The van der Waals surface area contributed by atoms with Crippen LogP contribution in [0.25, 0.3) is 11.2 Å². The number of thiazole rings is 1. The van der Waals surface area contributed by atoms with Crippen molar-refractivity contribution >= 4 is 39.8 Å².